The van der Waals surface area contributed by atoms with E-state index in [9.17, 15) is 0 Å². The van der Waals surface area contributed by atoms with Crippen molar-refractivity contribution in [1.29, 1.82) is 0 Å². The number of likely N-dealkylation sites (N-methyl/N-ethyl adjacent to an activating group) is 1. The van der Waals surface area contributed by atoms with Gasteiger partial charge in [0, 0.05) is 38.4 Å². The zero-order valence-electron chi connectivity index (χ0n) is 13.3. The third-order valence-electron chi connectivity index (χ3n) is 3.97. The number of hydrogen-bond acceptors (Lipinski definition) is 4. The van der Waals surface area contributed by atoms with Crippen molar-refractivity contribution >= 4 is 5.82 Å². The molecular formula is C16H28N4. The van der Waals surface area contributed by atoms with E-state index in [4.69, 9.17) is 4.98 Å². The minimum atomic E-state index is 0.531. The molecule has 1 unspecified atom stereocenters. The highest BCUT2D eigenvalue weighted by molar-refractivity contribution is 5.48. The molecule has 4 heteroatoms. The van der Waals surface area contributed by atoms with E-state index in [0.717, 1.165) is 38.5 Å². The number of nitrogens with zero attached hydrogens (tertiary/aromatic N) is 3. The van der Waals surface area contributed by atoms with Crippen LogP contribution in [-0.2, 0) is 6.54 Å². The maximum absolute atomic E-state index is 4.72. The number of nitrogens with one attached hydrogen (secondary N) is 1. The topological polar surface area (TPSA) is 31.4 Å². The summed E-state index contributed by atoms with van der Waals surface area (Å²) < 4.78 is 0. The van der Waals surface area contributed by atoms with E-state index in [1.165, 1.54) is 17.5 Å². The van der Waals surface area contributed by atoms with Crippen LogP contribution in [0.2, 0.25) is 0 Å². The molecule has 0 amide bonds. The Morgan fingerprint density at radius 3 is 2.85 bits per heavy atom. The van der Waals surface area contributed by atoms with Crippen LogP contribution < -0.4 is 10.2 Å². The lowest BCUT2D eigenvalue weighted by Crippen LogP contribution is -2.51. The maximum Gasteiger partial charge on any atom is 0.131 e. The summed E-state index contributed by atoms with van der Waals surface area (Å²) in [7, 11) is 2.19. The van der Waals surface area contributed by atoms with E-state index in [1.807, 2.05) is 6.20 Å². The van der Waals surface area contributed by atoms with E-state index in [1.54, 1.807) is 0 Å². The van der Waals surface area contributed by atoms with Crippen LogP contribution in [0.15, 0.2) is 12.3 Å². The molecule has 0 radical (unpaired) electrons. The molecule has 0 bridgehead atoms. The fraction of sp³-hybridized carbons (Fsp3) is 0.688. The first-order valence-electron chi connectivity index (χ1n) is 7.73. The molecule has 4 nitrogen and oxygen atoms in total. The fourth-order valence-corrected chi connectivity index (χ4v) is 2.89. The highest BCUT2D eigenvalue weighted by Crippen LogP contribution is 2.22. The average Bonchev–Trinajstić information content (AvgIpc) is 2.40. The first-order chi connectivity index (χ1) is 9.61. The van der Waals surface area contributed by atoms with Crippen molar-refractivity contribution in [3.05, 3.63) is 23.4 Å². The van der Waals surface area contributed by atoms with Crippen LogP contribution in [0.1, 0.15) is 31.4 Å². The molecule has 0 spiro atoms. The number of aryl methyl sites for hydroxylation is 1. The molecular weight excluding hydrogens is 248 g/mol. The molecule has 0 saturated carbocycles. The molecule has 1 aromatic rings. The van der Waals surface area contributed by atoms with E-state index >= 15 is 0 Å². The minimum absolute atomic E-state index is 0.531. The van der Waals surface area contributed by atoms with Gasteiger partial charge in [0.25, 0.3) is 0 Å². The van der Waals surface area contributed by atoms with Crippen molar-refractivity contribution in [3.63, 3.8) is 0 Å². The van der Waals surface area contributed by atoms with Gasteiger partial charge in [0.2, 0.25) is 0 Å². The van der Waals surface area contributed by atoms with Gasteiger partial charge in [-0.25, -0.2) is 4.98 Å². The predicted octanol–water partition coefficient (Wildman–Crippen LogP) is 2.03. The molecule has 1 saturated heterocycles. The van der Waals surface area contributed by atoms with Gasteiger partial charge in [0.1, 0.15) is 5.82 Å². The molecule has 0 aliphatic carbocycles. The van der Waals surface area contributed by atoms with Crippen molar-refractivity contribution in [1.82, 2.24) is 15.2 Å². The molecule has 2 heterocycles. The second kappa shape index (κ2) is 7.04. The van der Waals surface area contributed by atoms with Crippen LogP contribution in [0.5, 0.6) is 0 Å². The van der Waals surface area contributed by atoms with Crippen LogP contribution >= 0.6 is 0 Å². The monoisotopic (exact) mass is 276 g/mol. The highest BCUT2D eigenvalue weighted by atomic mass is 15.3. The van der Waals surface area contributed by atoms with Crippen LogP contribution in [0.3, 0.4) is 0 Å². The van der Waals surface area contributed by atoms with Gasteiger partial charge in [-0.1, -0.05) is 6.92 Å². The van der Waals surface area contributed by atoms with Gasteiger partial charge in [-0.3, -0.25) is 0 Å². The fourth-order valence-electron chi connectivity index (χ4n) is 2.89. The number of anilines is 1. The second-order valence-electron chi connectivity index (χ2n) is 5.97. The summed E-state index contributed by atoms with van der Waals surface area (Å²) >= 11 is 0. The summed E-state index contributed by atoms with van der Waals surface area (Å²) in [5.74, 6) is 1.16. The predicted molar refractivity (Wildman–Crippen MR) is 85.3 cm³/mol. The first kappa shape index (κ1) is 15.3. The quantitative estimate of drug-likeness (QED) is 0.834. The molecule has 1 aromatic heterocycles. The van der Waals surface area contributed by atoms with Gasteiger partial charge in [0.15, 0.2) is 0 Å². The Morgan fingerprint density at radius 2 is 2.20 bits per heavy atom. The smallest absolute Gasteiger partial charge is 0.131 e. The highest BCUT2D eigenvalue weighted by Gasteiger charge is 2.23. The third-order valence-corrected chi connectivity index (χ3v) is 3.97. The zero-order valence-corrected chi connectivity index (χ0v) is 13.3. The Balaban J connectivity index is 2.05. The van der Waals surface area contributed by atoms with E-state index < -0.39 is 0 Å². The SMILES string of the molecule is CCCNCc1cnc(N2CCN(C)CC2C)c(C)c1. The number of hydrogen-bond donors (Lipinski definition) is 1. The van der Waals surface area contributed by atoms with Gasteiger partial charge in [-0.15, -0.1) is 0 Å². The second-order valence-corrected chi connectivity index (χ2v) is 5.97. The van der Waals surface area contributed by atoms with E-state index in [0.29, 0.717) is 6.04 Å². The van der Waals surface area contributed by atoms with Gasteiger partial charge in [-0.05, 0) is 51.1 Å². The molecule has 1 aliphatic rings. The van der Waals surface area contributed by atoms with E-state index in [-0.39, 0.29) is 0 Å². The lowest BCUT2D eigenvalue weighted by Gasteiger charge is -2.39. The lowest BCUT2D eigenvalue weighted by atomic mass is 10.1. The first-order valence-corrected chi connectivity index (χ1v) is 7.73. The summed E-state index contributed by atoms with van der Waals surface area (Å²) in [6, 6.07) is 2.81. The molecule has 112 valence electrons. The third kappa shape index (κ3) is 3.70. The Kier molecular flexibility index (Phi) is 5.38. The standard InChI is InChI=1S/C16H28N4/c1-5-6-17-10-15-9-13(2)16(18-11-15)20-8-7-19(4)12-14(20)3/h9,11,14,17H,5-8,10,12H2,1-4H3. The summed E-state index contributed by atoms with van der Waals surface area (Å²) in [5.41, 5.74) is 2.57. The Labute approximate surface area is 123 Å². The maximum atomic E-state index is 4.72. The van der Waals surface area contributed by atoms with Gasteiger partial charge < -0.3 is 15.1 Å². The van der Waals surface area contributed by atoms with Crippen molar-refractivity contribution < 1.29 is 0 Å². The molecule has 20 heavy (non-hydrogen) atoms. The van der Waals surface area contributed by atoms with Crippen molar-refractivity contribution in [2.75, 3.05) is 38.1 Å². The van der Waals surface area contributed by atoms with Crippen molar-refractivity contribution in [3.8, 4) is 0 Å². The number of pyridine rings is 1. The average molecular weight is 276 g/mol. The zero-order chi connectivity index (χ0) is 14.5. The van der Waals surface area contributed by atoms with Crippen LogP contribution in [-0.4, -0.2) is 49.2 Å². The molecule has 0 aromatic carbocycles. The van der Waals surface area contributed by atoms with Crippen LogP contribution in [0, 0.1) is 6.92 Å². The number of piperazine rings is 1. The molecule has 2 rings (SSSR count). The number of aromatic nitrogens is 1. The van der Waals surface area contributed by atoms with Gasteiger partial charge in [-0.2, -0.15) is 0 Å². The largest absolute Gasteiger partial charge is 0.351 e. The summed E-state index contributed by atoms with van der Waals surface area (Å²) in [4.78, 5) is 9.55. The number of rotatable bonds is 5. The molecule has 1 aliphatic heterocycles. The van der Waals surface area contributed by atoms with E-state index in [2.05, 4.69) is 49.0 Å². The Bertz CT molecular complexity index is 432. The minimum Gasteiger partial charge on any atom is -0.351 e. The van der Waals surface area contributed by atoms with Crippen LogP contribution in [0.25, 0.3) is 0 Å². The normalized spacial score (nSPS) is 20.4. The lowest BCUT2D eigenvalue weighted by molar-refractivity contribution is 0.274. The Morgan fingerprint density at radius 1 is 1.40 bits per heavy atom. The van der Waals surface area contributed by atoms with Crippen molar-refractivity contribution in [2.45, 2.75) is 39.8 Å². The molecule has 1 N–H and O–H groups in total. The molecule has 1 fully saturated rings. The molecule has 1 atom stereocenters. The summed E-state index contributed by atoms with van der Waals surface area (Å²) in [6.45, 7) is 11.9. The Hall–Kier alpha value is -1.13. The van der Waals surface area contributed by atoms with Gasteiger partial charge in [0.05, 0.1) is 0 Å². The summed E-state index contributed by atoms with van der Waals surface area (Å²) in [6.07, 6.45) is 3.19. The van der Waals surface area contributed by atoms with Crippen LogP contribution in [0.4, 0.5) is 5.82 Å². The van der Waals surface area contributed by atoms with Crippen molar-refractivity contribution in [2.24, 2.45) is 0 Å². The summed E-state index contributed by atoms with van der Waals surface area (Å²) in [5, 5.41) is 3.43. The van der Waals surface area contributed by atoms with Gasteiger partial charge >= 0.3 is 0 Å².